The summed E-state index contributed by atoms with van der Waals surface area (Å²) >= 11 is 0. The highest BCUT2D eigenvalue weighted by atomic mass is 32.2. The Morgan fingerprint density at radius 1 is 1.31 bits per heavy atom. The molecule has 0 amide bonds. The summed E-state index contributed by atoms with van der Waals surface area (Å²) in [6.07, 6.45) is 2.88. The number of rotatable bonds is 3. The zero-order valence-electron chi connectivity index (χ0n) is 9.90. The highest BCUT2D eigenvalue weighted by Crippen LogP contribution is 2.20. The van der Waals surface area contributed by atoms with Gasteiger partial charge in [-0.05, 0) is 26.8 Å². The first-order valence-electron chi connectivity index (χ1n) is 4.92. The Labute approximate surface area is 96.3 Å². The summed E-state index contributed by atoms with van der Waals surface area (Å²) < 4.78 is 26.7. The van der Waals surface area contributed by atoms with E-state index in [2.05, 4.69) is 15.0 Å². The first kappa shape index (κ1) is 12.9. The lowest BCUT2D eigenvalue weighted by Crippen LogP contribution is -2.40. The van der Waals surface area contributed by atoms with Crippen molar-refractivity contribution < 1.29 is 8.42 Å². The lowest BCUT2D eigenvalue weighted by Gasteiger charge is -2.21. The molecule has 0 saturated carbocycles. The molecule has 1 aromatic rings. The van der Waals surface area contributed by atoms with Crippen LogP contribution in [0.15, 0.2) is 23.4 Å². The summed E-state index contributed by atoms with van der Waals surface area (Å²) in [5, 5.41) is 2.83. The van der Waals surface area contributed by atoms with Crippen molar-refractivity contribution in [3.63, 3.8) is 0 Å². The number of anilines is 1. The third-order valence-corrected chi connectivity index (χ3v) is 3.57. The fraction of sp³-hybridized carbons (Fsp3) is 0.500. The average Bonchev–Trinajstić information content (AvgIpc) is 2.14. The molecule has 0 radical (unpaired) electrons. The third kappa shape index (κ3) is 3.18. The van der Waals surface area contributed by atoms with Crippen LogP contribution in [-0.2, 0) is 10.0 Å². The first-order valence-corrected chi connectivity index (χ1v) is 6.40. The minimum absolute atomic E-state index is 0.160. The van der Waals surface area contributed by atoms with Crippen LogP contribution in [0.1, 0.15) is 20.8 Å². The Bertz CT molecular complexity index is 463. The number of hydrogen-bond acceptors (Lipinski definition) is 4. The maximum Gasteiger partial charge on any atom is 0.244 e. The predicted octanol–water partition coefficient (Wildman–Crippen LogP) is 1.20. The van der Waals surface area contributed by atoms with Crippen molar-refractivity contribution in [1.29, 1.82) is 0 Å². The van der Waals surface area contributed by atoms with Crippen LogP contribution in [0.4, 0.5) is 5.69 Å². The summed E-state index contributed by atoms with van der Waals surface area (Å²) in [6, 6.07) is 1.62. The van der Waals surface area contributed by atoms with Gasteiger partial charge in [-0.2, -0.15) is 0 Å². The van der Waals surface area contributed by atoms with Gasteiger partial charge in [0.15, 0.2) is 0 Å². The minimum Gasteiger partial charge on any atom is -0.387 e. The molecular weight excluding hydrogens is 226 g/mol. The molecule has 0 unspecified atom stereocenters. The van der Waals surface area contributed by atoms with E-state index in [9.17, 15) is 8.42 Å². The van der Waals surface area contributed by atoms with E-state index in [1.807, 2.05) is 0 Å². The molecular formula is C10H17N3O2S. The Balaban J connectivity index is 3.17. The third-order valence-electron chi connectivity index (χ3n) is 1.78. The predicted molar refractivity (Wildman–Crippen MR) is 63.9 cm³/mol. The zero-order chi connectivity index (χ0) is 12.4. The molecule has 0 spiro atoms. The van der Waals surface area contributed by atoms with Crippen molar-refractivity contribution in [1.82, 2.24) is 9.71 Å². The highest BCUT2D eigenvalue weighted by Gasteiger charge is 2.24. The lowest BCUT2D eigenvalue weighted by molar-refractivity contribution is 0.491. The molecule has 1 aromatic heterocycles. The molecule has 0 fully saturated rings. The van der Waals surface area contributed by atoms with E-state index in [1.165, 1.54) is 6.20 Å². The van der Waals surface area contributed by atoms with Crippen LogP contribution in [0.2, 0.25) is 0 Å². The quantitative estimate of drug-likeness (QED) is 0.837. The van der Waals surface area contributed by atoms with Gasteiger partial charge in [-0.3, -0.25) is 4.98 Å². The largest absolute Gasteiger partial charge is 0.387 e. The van der Waals surface area contributed by atoms with Gasteiger partial charge in [-0.25, -0.2) is 13.1 Å². The van der Waals surface area contributed by atoms with Gasteiger partial charge in [-0.1, -0.05) is 0 Å². The molecule has 0 aliphatic heterocycles. The summed E-state index contributed by atoms with van der Waals surface area (Å²) in [7, 11) is -1.86. The van der Waals surface area contributed by atoms with Crippen LogP contribution in [0, 0.1) is 0 Å². The van der Waals surface area contributed by atoms with E-state index in [0.29, 0.717) is 5.69 Å². The molecule has 0 saturated heterocycles. The van der Waals surface area contributed by atoms with Crippen molar-refractivity contribution in [3.05, 3.63) is 18.5 Å². The van der Waals surface area contributed by atoms with Crippen LogP contribution in [0.3, 0.4) is 0 Å². The van der Waals surface area contributed by atoms with E-state index in [0.717, 1.165) is 0 Å². The van der Waals surface area contributed by atoms with Gasteiger partial charge in [-0.15, -0.1) is 0 Å². The van der Waals surface area contributed by atoms with E-state index < -0.39 is 15.6 Å². The van der Waals surface area contributed by atoms with Crippen molar-refractivity contribution in [2.45, 2.75) is 31.2 Å². The van der Waals surface area contributed by atoms with Gasteiger partial charge in [0, 0.05) is 25.0 Å². The van der Waals surface area contributed by atoms with Crippen LogP contribution >= 0.6 is 0 Å². The molecule has 90 valence electrons. The average molecular weight is 243 g/mol. The molecule has 16 heavy (non-hydrogen) atoms. The molecule has 6 heteroatoms. The first-order chi connectivity index (χ1) is 7.26. The highest BCUT2D eigenvalue weighted by molar-refractivity contribution is 7.89. The Morgan fingerprint density at radius 3 is 2.44 bits per heavy atom. The molecule has 0 bridgehead atoms. The number of nitrogens with zero attached hydrogens (tertiary/aromatic N) is 1. The standard InChI is InChI=1S/C10H17N3O2S/c1-10(2,3)13-16(14,15)9-7-12-6-5-8(9)11-4/h5-7,13H,1-4H3,(H,11,12). The molecule has 1 rings (SSSR count). The monoisotopic (exact) mass is 243 g/mol. The van der Waals surface area contributed by atoms with E-state index in [1.54, 1.807) is 40.1 Å². The number of hydrogen-bond donors (Lipinski definition) is 2. The smallest absolute Gasteiger partial charge is 0.244 e. The zero-order valence-corrected chi connectivity index (χ0v) is 10.7. The maximum absolute atomic E-state index is 12.0. The summed E-state index contributed by atoms with van der Waals surface area (Å²) in [6.45, 7) is 5.37. The van der Waals surface area contributed by atoms with E-state index in [-0.39, 0.29) is 4.90 Å². The number of aromatic nitrogens is 1. The lowest BCUT2D eigenvalue weighted by atomic mass is 10.1. The second kappa shape index (κ2) is 4.39. The fourth-order valence-corrected chi connectivity index (χ4v) is 2.83. The number of nitrogens with one attached hydrogen (secondary N) is 2. The Hall–Kier alpha value is -1.14. The second-order valence-corrected chi connectivity index (χ2v) is 6.13. The van der Waals surface area contributed by atoms with Crippen LogP contribution in [-0.4, -0.2) is 26.0 Å². The normalized spacial score (nSPS) is 12.5. The van der Waals surface area contributed by atoms with Gasteiger partial charge < -0.3 is 5.32 Å². The Morgan fingerprint density at radius 2 is 1.94 bits per heavy atom. The van der Waals surface area contributed by atoms with Gasteiger partial charge in [0.05, 0.1) is 5.69 Å². The number of pyridine rings is 1. The van der Waals surface area contributed by atoms with Crippen molar-refractivity contribution in [2.24, 2.45) is 0 Å². The van der Waals surface area contributed by atoms with Gasteiger partial charge in [0.25, 0.3) is 0 Å². The van der Waals surface area contributed by atoms with Crippen LogP contribution in [0.25, 0.3) is 0 Å². The fourth-order valence-electron chi connectivity index (χ4n) is 1.26. The Kier molecular flexibility index (Phi) is 3.54. The topological polar surface area (TPSA) is 71.1 Å². The molecule has 2 N–H and O–H groups in total. The second-order valence-electron chi connectivity index (χ2n) is 4.48. The summed E-state index contributed by atoms with van der Waals surface area (Å²) in [5.41, 5.74) is 0.0198. The van der Waals surface area contributed by atoms with Gasteiger partial charge in [0.1, 0.15) is 4.90 Å². The molecule has 0 aromatic carbocycles. The van der Waals surface area contributed by atoms with Crippen molar-refractivity contribution >= 4 is 15.7 Å². The van der Waals surface area contributed by atoms with Crippen LogP contribution < -0.4 is 10.0 Å². The van der Waals surface area contributed by atoms with Crippen LogP contribution in [0.5, 0.6) is 0 Å². The van der Waals surface area contributed by atoms with Gasteiger partial charge in [0.2, 0.25) is 10.0 Å². The van der Waals surface area contributed by atoms with E-state index in [4.69, 9.17) is 0 Å². The molecule has 5 nitrogen and oxygen atoms in total. The van der Waals surface area contributed by atoms with Gasteiger partial charge >= 0.3 is 0 Å². The molecule has 0 aliphatic carbocycles. The summed E-state index contributed by atoms with van der Waals surface area (Å²) in [4.78, 5) is 3.99. The maximum atomic E-state index is 12.0. The van der Waals surface area contributed by atoms with Crippen molar-refractivity contribution in [3.8, 4) is 0 Å². The molecule has 1 heterocycles. The SMILES string of the molecule is CNc1ccncc1S(=O)(=O)NC(C)(C)C. The molecule has 0 aliphatic rings. The summed E-state index contributed by atoms with van der Waals surface area (Å²) in [5.74, 6) is 0. The minimum atomic E-state index is -3.54. The number of sulfonamides is 1. The molecule has 0 atom stereocenters. The van der Waals surface area contributed by atoms with Crippen molar-refractivity contribution in [2.75, 3.05) is 12.4 Å². The van der Waals surface area contributed by atoms with E-state index >= 15 is 0 Å².